The first kappa shape index (κ1) is 12.6. The predicted octanol–water partition coefficient (Wildman–Crippen LogP) is 1.78. The van der Waals surface area contributed by atoms with E-state index < -0.39 is 5.54 Å². The zero-order valence-electron chi connectivity index (χ0n) is 11.2. The van der Waals surface area contributed by atoms with E-state index in [1.54, 1.807) is 0 Å². The molecule has 1 heterocycles. The Morgan fingerprint density at radius 3 is 2.39 bits per heavy atom. The number of amides is 1. The molecule has 0 saturated heterocycles. The number of nitrogens with one attached hydrogen (secondary N) is 2. The zero-order valence-corrected chi connectivity index (χ0v) is 11.2. The summed E-state index contributed by atoms with van der Waals surface area (Å²) in [5, 5.41) is 5.99. The maximum Gasteiger partial charge on any atom is 0.259 e. The fourth-order valence-corrected chi connectivity index (χ4v) is 1.90. The van der Waals surface area contributed by atoms with Gasteiger partial charge in [-0.1, -0.05) is 30.3 Å². The van der Waals surface area contributed by atoms with Gasteiger partial charge in [-0.2, -0.15) is 0 Å². The molecule has 96 valence electrons. The molecule has 1 atom stereocenters. The number of benzene rings is 1. The van der Waals surface area contributed by atoms with Crippen LogP contribution in [0, 0.1) is 0 Å². The lowest BCUT2D eigenvalue weighted by atomic mass is 9.93. The van der Waals surface area contributed by atoms with Gasteiger partial charge in [0.15, 0.2) is 11.5 Å². The van der Waals surface area contributed by atoms with E-state index in [0.717, 1.165) is 5.56 Å². The first-order valence-corrected chi connectivity index (χ1v) is 6.06. The normalized spacial score (nSPS) is 23.6. The Bertz CT molecular complexity index is 488. The standard InChI is InChI=1S/C14H19N3O/c1-13(2,3)16-12-15-11(18)14(4,17-12)10-8-6-5-7-9-10/h5-9H,1-4H3,(H2,15,16,17,18). The van der Waals surface area contributed by atoms with Crippen molar-refractivity contribution in [2.75, 3.05) is 0 Å². The predicted molar refractivity (Wildman–Crippen MR) is 72.3 cm³/mol. The molecule has 2 N–H and O–H groups in total. The minimum Gasteiger partial charge on any atom is -0.351 e. The van der Waals surface area contributed by atoms with E-state index in [-0.39, 0.29) is 11.4 Å². The molecular formula is C14H19N3O. The molecule has 0 aliphatic carbocycles. The van der Waals surface area contributed by atoms with Crippen molar-refractivity contribution in [1.82, 2.24) is 10.6 Å². The van der Waals surface area contributed by atoms with Crippen LogP contribution in [0.5, 0.6) is 0 Å². The molecule has 1 aliphatic heterocycles. The van der Waals surface area contributed by atoms with E-state index in [4.69, 9.17) is 0 Å². The molecule has 2 rings (SSSR count). The van der Waals surface area contributed by atoms with Gasteiger partial charge in [-0.25, -0.2) is 4.99 Å². The summed E-state index contributed by atoms with van der Waals surface area (Å²) in [6, 6.07) is 9.60. The summed E-state index contributed by atoms with van der Waals surface area (Å²) < 4.78 is 0. The number of guanidine groups is 1. The van der Waals surface area contributed by atoms with Gasteiger partial charge < -0.3 is 5.32 Å². The molecule has 1 aliphatic rings. The van der Waals surface area contributed by atoms with Crippen molar-refractivity contribution in [2.45, 2.75) is 38.8 Å². The number of carbonyl (C=O) groups excluding carboxylic acids is 1. The van der Waals surface area contributed by atoms with Crippen molar-refractivity contribution < 1.29 is 4.79 Å². The van der Waals surface area contributed by atoms with Crippen LogP contribution >= 0.6 is 0 Å². The van der Waals surface area contributed by atoms with Crippen molar-refractivity contribution in [3.8, 4) is 0 Å². The SMILES string of the molecule is CC(C)(C)NC1=NC(C)(c2ccccc2)C(=O)N1. The summed E-state index contributed by atoms with van der Waals surface area (Å²) in [7, 11) is 0. The number of hydrogen-bond donors (Lipinski definition) is 2. The van der Waals surface area contributed by atoms with Crippen molar-refractivity contribution in [3.63, 3.8) is 0 Å². The number of rotatable bonds is 1. The van der Waals surface area contributed by atoms with Gasteiger partial charge in [0, 0.05) is 5.54 Å². The van der Waals surface area contributed by atoms with E-state index >= 15 is 0 Å². The Morgan fingerprint density at radius 1 is 1.22 bits per heavy atom. The Morgan fingerprint density at radius 2 is 1.83 bits per heavy atom. The fraction of sp³-hybridized carbons (Fsp3) is 0.429. The van der Waals surface area contributed by atoms with Crippen molar-refractivity contribution in [1.29, 1.82) is 0 Å². The molecule has 0 radical (unpaired) electrons. The highest BCUT2D eigenvalue weighted by Gasteiger charge is 2.41. The molecule has 18 heavy (non-hydrogen) atoms. The Kier molecular flexibility index (Phi) is 2.89. The van der Waals surface area contributed by atoms with Crippen LogP contribution in [-0.2, 0) is 10.3 Å². The largest absolute Gasteiger partial charge is 0.351 e. The topological polar surface area (TPSA) is 53.5 Å². The van der Waals surface area contributed by atoms with E-state index in [1.165, 1.54) is 0 Å². The van der Waals surface area contributed by atoms with Crippen molar-refractivity contribution in [2.24, 2.45) is 4.99 Å². The molecule has 0 aromatic heterocycles. The number of nitrogens with zero attached hydrogens (tertiary/aromatic N) is 1. The lowest BCUT2D eigenvalue weighted by Crippen LogP contribution is -2.47. The smallest absolute Gasteiger partial charge is 0.259 e. The van der Waals surface area contributed by atoms with Crippen LogP contribution in [0.15, 0.2) is 35.3 Å². The number of hydrogen-bond acceptors (Lipinski definition) is 3. The van der Waals surface area contributed by atoms with Crippen molar-refractivity contribution >= 4 is 11.9 Å². The minimum atomic E-state index is -0.838. The molecule has 4 heteroatoms. The third-order valence-electron chi connectivity index (χ3n) is 2.84. The maximum absolute atomic E-state index is 12.1. The molecule has 1 amide bonds. The lowest BCUT2D eigenvalue weighted by Gasteiger charge is -2.21. The van der Waals surface area contributed by atoms with Gasteiger partial charge >= 0.3 is 0 Å². The second-order valence-electron chi connectivity index (χ2n) is 5.73. The number of carbonyl (C=O) groups is 1. The zero-order chi connectivity index (χ0) is 13.4. The summed E-state index contributed by atoms with van der Waals surface area (Å²) >= 11 is 0. The third kappa shape index (κ3) is 2.37. The molecular weight excluding hydrogens is 226 g/mol. The molecule has 0 bridgehead atoms. The summed E-state index contributed by atoms with van der Waals surface area (Å²) in [6.45, 7) is 7.91. The fourth-order valence-electron chi connectivity index (χ4n) is 1.90. The Hall–Kier alpha value is -1.84. The van der Waals surface area contributed by atoms with E-state index in [2.05, 4.69) is 15.6 Å². The van der Waals surface area contributed by atoms with Crippen molar-refractivity contribution in [3.05, 3.63) is 35.9 Å². The van der Waals surface area contributed by atoms with E-state index in [1.807, 2.05) is 58.0 Å². The summed E-state index contributed by atoms with van der Waals surface area (Å²) in [5.74, 6) is 0.444. The Labute approximate surface area is 108 Å². The van der Waals surface area contributed by atoms with Gasteiger partial charge in [0.25, 0.3) is 5.91 Å². The molecule has 0 saturated carbocycles. The van der Waals surface area contributed by atoms with Crippen LogP contribution < -0.4 is 10.6 Å². The second kappa shape index (κ2) is 4.12. The van der Waals surface area contributed by atoms with Gasteiger partial charge in [0.1, 0.15) is 0 Å². The first-order valence-electron chi connectivity index (χ1n) is 6.06. The summed E-state index contributed by atoms with van der Waals surface area (Å²) in [5.41, 5.74) is -0.0729. The summed E-state index contributed by atoms with van der Waals surface area (Å²) in [4.78, 5) is 16.6. The monoisotopic (exact) mass is 245 g/mol. The van der Waals surface area contributed by atoms with Gasteiger partial charge in [0.05, 0.1) is 0 Å². The van der Waals surface area contributed by atoms with Gasteiger partial charge in [-0.3, -0.25) is 10.1 Å². The molecule has 0 fully saturated rings. The average molecular weight is 245 g/mol. The third-order valence-corrected chi connectivity index (χ3v) is 2.84. The molecule has 1 aromatic rings. The summed E-state index contributed by atoms with van der Waals surface area (Å²) in [6.07, 6.45) is 0. The highest BCUT2D eigenvalue weighted by molar-refractivity contribution is 6.07. The van der Waals surface area contributed by atoms with Crippen LogP contribution in [0.1, 0.15) is 33.3 Å². The highest BCUT2D eigenvalue weighted by Crippen LogP contribution is 2.28. The highest BCUT2D eigenvalue weighted by atomic mass is 16.2. The first-order chi connectivity index (χ1) is 8.31. The van der Waals surface area contributed by atoms with Gasteiger partial charge in [-0.15, -0.1) is 0 Å². The van der Waals surface area contributed by atoms with Crippen LogP contribution in [-0.4, -0.2) is 17.4 Å². The van der Waals surface area contributed by atoms with Crippen LogP contribution in [0.4, 0.5) is 0 Å². The molecule has 4 nitrogen and oxygen atoms in total. The Balaban J connectivity index is 2.31. The van der Waals surface area contributed by atoms with E-state index in [0.29, 0.717) is 5.96 Å². The molecule has 1 aromatic carbocycles. The molecule has 1 unspecified atom stereocenters. The van der Waals surface area contributed by atoms with Gasteiger partial charge in [0.2, 0.25) is 0 Å². The quantitative estimate of drug-likeness (QED) is 0.792. The van der Waals surface area contributed by atoms with E-state index in [9.17, 15) is 4.79 Å². The van der Waals surface area contributed by atoms with Crippen LogP contribution in [0.25, 0.3) is 0 Å². The van der Waals surface area contributed by atoms with Gasteiger partial charge in [-0.05, 0) is 33.3 Å². The minimum absolute atomic E-state index is 0.0968. The second-order valence-corrected chi connectivity index (χ2v) is 5.73. The van der Waals surface area contributed by atoms with Crippen LogP contribution in [0.3, 0.4) is 0 Å². The lowest BCUT2D eigenvalue weighted by molar-refractivity contribution is -0.123. The number of aliphatic imine (C=N–C) groups is 1. The van der Waals surface area contributed by atoms with Crippen LogP contribution in [0.2, 0.25) is 0 Å². The molecule has 0 spiro atoms. The maximum atomic E-state index is 12.1. The average Bonchev–Trinajstić information content (AvgIpc) is 2.54.